The predicted molar refractivity (Wildman–Crippen MR) is 63.0 cm³/mol. The molecule has 0 atom stereocenters. The third-order valence-electron chi connectivity index (χ3n) is 1.67. The number of carboxylic acid groups (broad SMARTS) is 1. The lowest BCUT2D eigenvalue weighted by Crippen LogP contribution is -2.79. The van der Waals surface area contributed by atoms with Crippen molar-refractivity contribution in [3.8, 4) is 0 Å². The Morgan fingerprint density at radius 1 is 1.41 bits per heavy atom. The van der Waals surface area contributed by atoms with E-state index in [1.165, 1.54) is 0 Å². The summed E-state index contributed by atoms with van der Waals surface area (Å²) >= 11 is 0. The van der Waals surface area contributed by atoms with Crippen LogP contribution in [-0.2, 0) is 14.3 Å². The second kappa shape index (κ2) is 12.7. The Labute approximate surface area is 103 Å². The van der Waals surface area contributed by atoms with Crippen molar-refractivity contribution in [2.24, 2.45) is 0 Å². The highest BCUT2D eigenvalue weighted by atomic mass is 16.5. The smallest absolute Gasteiger partial charge is 0.333 e. The van der Waals surface area contributed by atoms with Gasteiger partial charge < -0.3 is 20.0 Å². The largest absolute Gasteiger partial charge is 0.550 e. The summed E-state index contributed by atoms with van der Waals surface area (Å²) in [6.07, 6.45) is 1.75. The second-order valence-corrected chi connectivity index (χ2v) is 3.59. The van der Waals surface area contributed by atoms with Gasteiger partial charge in [0.25, 0.3) is 0 Å². The molecule has 0 radical (unpaired) electrons. The highest BCUT2D eigenvalue weighted by molar-refractivity contribution is 5.86. The minimum Gasteiger partial charge on any atom is -0.550 e. The molecule has 0 aromatic carbocycles. The van der Waals surface area contributed by atoms with Crippen molar-refractivity contribution in [1.82, 2.24) is 0 Å². The maximum Gasteiger partial charge on any atom is 0.333 e. The van der Waals surface area contributed by atoms with E-state index in [0.717, 1.165) is 13.0 Å². The fourth-order valence-corrected chi connectivity index (χ4v) is 0.780. The third-order valence-corrected chi connectivity index (χ3v) is 1.67. The first kappa shape index (κ1) is 18.0. The summed E-state index contributed by atoms with van der Waals surface area (Å²) in [5.41, 5.74) is 0.463. The Morgan fingerprint density at radius 3 is 2.29 bits per heavy atom. The van der Waals surface area contributed by atoms with Crippen LogP contribution in [0.5, 0.6) is 0 Å². The van der Waals surface area contributed by atoms with Gasteiger partial charge in [0.05, 0.1) is 20.2 Å². The number of aliphatic carboxylic acids is 1. The maximum absolute atomic E-state index is 10.8. The van der Waals surface area contributed by atoms with Crippen LogP contribution in [0.25, 0.3) is 0 Å². The van der Waals surface area contributed by atoms with E-state index in [9.17, 15) is 14.7 Å². The lowest BCUT2D eigenvalue weighted by molar-refractivity contribution is -0.627. The van der Waals surface area contributed by atoms with E-state index in [1.807, 2.05) is 7.05 Å². The molecule has 0 saturated heterocycles. The molecule has 0 aliphatic carbocycles. The Balaban J connectivity index is 0. The van der Waals surface area contributed by atoms with E-state index in [-0.39, 0.29) is 12.4 Å². The molecule has 0 amide bonds. The summed E-state index contributed by atoms with van der Waals surface area (Å²) in [6.45, 7) is 8.41. The van der Waals surface area contributed by atoms with Gasteiger partial charge in [-0.25, -0.2) is 4.79 Å². The summed E-state index contributed by atoms with van der Waals surface area (Å²) < 4.78 is 4.85. The number of carbonyl (C=O) groups excluding carboxylic acids is 2. The summed E-state index contributed by atoms with van der Waals surface area (Å²) in [4.78, 5) is 20.3. The van der Waals surface area contributed by atoms with Crippen LogP contribution in [0.2, 0.25) is 0 Å². The van der Waals surface area contributed by atoms with Crippen LogP contribution in [0, 0.1) is 0 Å². The average molecular weight is 245 g/mol. The van der Waals surface area contributed by atoms with Crippen LogP contribution in [0.3, 0.4) is 0 Å². The zero-order valence-corrected chi connectivity index (χ0v) is 11.0. The number of hydrogen-bond acceptors (Lipinski definition) is 4. The van der Waals surface area contributed by atoms with Crippen molar-refractivity contribution in [2.75, 3.05) is 20.2 Å². The van der Waals surface area contributed by atoms with Crippen molar-refractivity contribution >= 4 is 11.9 Å². The van der Waals surface area contributed by atoms with Crippen LogP contribution >= 0.6 is 0 Å². The number of carboxylic acids is 1. The molecule has 0 aromatic heterocycles. The molecule has 0 rings (SSSR count). The molecule has 0 aromatic rings. The Bertz CT molecular complexity index is 239. The van der Waals surface area contributed by atoms with Crippen molar-refractivity contribution < 1.29 is 24.7 Å². The van der Waals surface area contributed by atoms with Crippen LogP contribution < -0.4 is 10.4 Å². The van der Waals surface area contributed by atoms with Crippen LogP contribution in [0.15, 0.2) is 12.2 Å². The lowest BCUT2D eigenvalue weighted by atomic mass is 10.3. The molecule has 0 fully saturated rings. The summed E-state index contributed by atoms with van der Waals surface area (Å²) in [5.74, 6) is -1.25. The molecule has 0 aliphatic heterocycles. The standard InChI is InChI=1S/C8H15NO2.C4H8O2/c1-7(2)8(10)11-6-4-5-9-3;1-2-3-4(5)6/h9H,1,4-6H2,2-3H3;2-3H2,1H3,(H,5,6). The first-order valence-electron chi connectivity index (χ1n) is 5.75. The molecule has 0 saturated carbocycles. The summed E-state index contributed by atoms with van der Waals surface area (Å²) in [5, 5.41) is 11.5. The Morgan fingerprint density at radius 2 is 2.00 bits per heavy atom. The van der Waals surface area contributed by atoms with E-state index in [0.29, 0.717) is 18.6 Å². The SMILES string of the molecule is C=C(C)C(=O)OCCC[NH2+]C.CCCC(=O)[O-]. The van der Waals surface area contributed by atoms with E-state index >= 15 is 0 Å². The van der Waals surface area contributed by atoms with Gasteiger partial charge in [0.2, 0.25) is 0 Å². The highest BCUT2D eigenvalue weighted by Crippen LogP contribution is 1.91. The van der Waals surface area contributed by atoms with E-state index in [1.54, 1.807) is 13.8 Å². The number of carbonyl (C=O) groups is 2. The fourth-order valence-electron chi connectivity index (χ4n) is 0.780. The molecule has 5 heteroatoms. The van der Waals surface area contributed by atoms with Crippen LogP contribution in [-0.4, -0.2) is 32.1 Å². The van der Waals surface area contributed by atoms with Gasteiger partial charge in [0.15, 0.2) is 0 Å². The minimum absolute atomic E-state index is 0.181. The normalized spacial score (nSPS) is 8.88. The zero-order chi connectivity index (χ0) is 13.7. The van der Waals surface area contributed by atoms with E-state index < -0.39 is 5.97 Å². The van der Waals surface area contributed by atoms with Crippen molar-refractivity contribution in [2.45, 2.75) is 33.1 Å². The number of esters is 1. The van der Waals surface area contributed by atoms with Crippen LogP contribution in [0.4, 0.5) is 0 Å². The zero-order valence-electron chi connectivity index (χ0n) is 11.0. The number of nitrogens with two attached hydrogens (primary N) is 1. The number of ether oxygens (including phenoxy) is 1. The fraction of sp³-hybridized carbons (Fsp3) is 0.667. The highest BCUT2D eigenvalue weighted by Gasteiger charge is 2.01. The molecule has 0 bridgehead atoms. The van der Waals surface area contributed by atoms with E-state index in [4.69, 9.17) is 4.74 Å². The molecule has 100 valence electrons. The van der Waals surface area contributed by atoms with Gasteiger partial charge in [-0.15, -0.1) is 0 Å². The van der Waals surface area contributed by atoms with E-state index in [2.05, 4.69) is 11.9 Å². The molecule has 0 spiro atoms. The van der Waals surface area contributed by atoms with Gasteiger partial charge in [-0.05, 0) is 13.3 Å². The first-order chi connectivity index (χ1) is 7.95. The monoisotopic (exact) mass is 245 g/mol. The quantitative estimate of drug-likeness (QED) is 0.362. The van der Waals surface area contributed by atoms with Gasteiger partial charge >= 0.3 is 5.97 Å². The maximum atomic E-state index is 10.8. The molecule has 5 nitrogen and oxygen atoms in total. The number of rotatable bonds is 7. The molecule has 0 aliphatic rings. The minimum atomic E-state index is -0.961. The third kappa shape index (κ3) is 17.3. The summed E-state index contributed by atoms with van der Waals surface area (Å²) in [6, 6.07) is 0. The molecule has 17 heavy (non-hydrogen) atoms. The second-order valence-electron chi connectivity index (χ2n) is 3.59. The summed E-state index contributed by atoms with van der Waals surface area (Å²) in [7, 11) is 1.99. The molecular weight excluding hydrogens is 222 g/mol. The van der Waals surface area contributed by atoms with Crippen molar-refractivity contribution in [3.05, 3.63) is 12.2 Å². The van der Waals surface area contributed by atoms with Gasteiger partial charge in [0, 0.05) is 18.0 Å². The van der Waals surface area contributed by atoms with Gasteiger partial charge in [-0.2, -0.15) is 0 Å². The molecule has 0 unspecified atom stereocenters. The van der Waals surface area contributed by atoms with Gasteiger partial charge in [-0.3, -0.25) is 0 Å². The molecular formula is C12H23NO4. The number of quaternary nitrogens is 1. The first-order valence-corrected chi connectivity index (χ1v) is 5.75. The Hall–Kier alpha value is -1.36. The van der Waals surface area contributed by atoms with Gasteiger partial charge in [-0.1, -0.05) is 19.9 Å². The van der Waals surface area contributed by atoms with Crippen LogP contribution in [0.1, 0.15) is 33.1 Å². The molecule has 0 heterocycles. The average Bonchev–Trinajstić information content (AvgIpc) is 2.24. The van der Waals surface area contributed by atoms with Crippen molar-refractivity contribution in [3.63, 3.8) is 0 Å². The predicted octanol–water partition coefficient (Wildman–Crippen LogP) is -0.775. The lowest BCUT2D eigenvalue weighted by Gasteiger charge is -2.01. The Kier molecular flexibility index (Phi) is 13.5. The topological polar surface area (TPSA) is 83.0 Å². The van der Waals surface area contributed by atoms with Crippen molar-refractivity contribution in [1.29, 1.82) is 0 Å². The molecule has 2 N–H and O–H groups in total. The van der Waals surface area contributed by atoms with Gasteiger partial charge in [0.1, 0.15) is 0 Å². The number of hydrogen-bond donors (Lipinski definition) is 1.